The first kappa shape index (κ1) is 14.2. The summed E-state index contributed by atoms with van der Waals surface area (Å²) in [6, 6.07) is 6.20. The molecule has 2 aromatic rings. The van der Waals surface area contributed by atoms with E-state index in [1.165, 1.54) is 17.7 Å². The van der Waals surface area contributed by atoms with Gasteiger partial charge in [0.25, 0.3) is 0 Å². The van der Waals surface area contributed by atoms with Crippen molar-refractivity contribution < 1.29 is 4.79 Å². The number of guanidine groups is 1. The molecule has 2 N–H and O–H groups in total. The van der Waals surface area contributed by atoms with Gasteiger partial charge in [0.2, 0.25) is 5.91 Å². The zero-order valence-corrected chi connectivity index (χ0v) is 13.5. The second kappa shape index (κ2) is 4.81. The van der Waals surface area contributed by atoms with Gasteiger partial charge in [-0.25, -0.2) is 0 Å². The maximum atomic E-state index is 12.2. The topological polar surface area (TPSA) is 74.0 Å². The molecule has 2 aliphatic rings. The van der Waals surface area contributed by atoms with Gasteiger partial charge in [-0.3, -0.25) is 19.8 Å². The molecule has 1 amide bonds. The molecule has 2 heterocycles. The Morgan fingerprint density at radius 1 is 1.43 bits per heavy atom. The lowest BCUT2D eigenvalue weighted by Crippen LogP contribution is -2.58. The van der Waals surface area contributed by atoms with Crippen LogP contribution in [0, 0.1) is 11.3 Å². The molecule has 0 spiro atoms. The lowest BCUT2D eigenvalue weighted by molar-refractivity contribution is -0.129. The Morgan fingerprint density at radius 3 is 2.91 bits per heavy atom. The van der Waals surface area contributed by atoms with Crippen molar-refractivity contribution >= 4 is 22.8 Å². The van der Waals surface area contributed by atoms with Gasteiger partial charge in [-0.15, -0.1) is 0 Å². The first-order chi connectivity index (χ1) is 11.0. The van der Waals surface area contributed by atoms with Crippen molar-refractivity contribution in [2.24, 2.45) is 5.92 Å². The Labute approximate surface area is 135 Å². The molecule has 1 saturated heterocycles. The van der Waals surface area contributed by atoms with E-state index >= 15 is 0 Å². The predicted molar refractivity (Wildman–Crippen MR) is 88.1 cm³/mol. The summed E-state index contributed by atoms with van der Waals surface area (Å²) in [4.78, 5) is 13.5. The van der Waals surface area contributed by atoms with Crippen LogP contribution in [-0.4, -0.2) is 33.6 Å². The number of aromatic nitrogens is 2. The maximum absolute atomic E-state index is 12.2. The van der Waals surface area contributed by atoms with Crippen molar-refractivity contribution in [2.75, 3.05) is 7.05 Å². The minimum Gasteiger partial charge on any atom is -0.346 e. The molecule has 23 heavy (non-hydrogen) atoms. The highest BCUT2D eigenvalue weighted by atomic mass is 16.2. The average Bonchev–Trinajstić information content (AvgIpc) is 3.24. The number of amides is 1. The third kappa shape index (κ3) is 2.38. The zero-order chi connectivity index (χ0) is 16.2. The molecule has 1 aromatic heterocycles. The van der Waals surface area contributed by atoms with Gasteiger partial charge in [-0.05, 0) is 37.3 Å². The van der Waals surface area contributed by atoms with Crippen LogP contribution in [0.15, 0.2) is 24.4 Å². The molecule has 120 valence electrons. The molecular formula is C17H21N5O. The number of carbonyl (C=O) groups excluding carboxylic acids is 1. The number of fused-ring (bicyclic) bond motifs is 1. The third-order valence-electron chi connectivity index (χ3n) is 5.02. The molecule has 6 heteroatoms. The summed E-state index contributed by atoms with van der Waals surface area (Å²) in [7, 11) is 1.63. The molecule has 2 fully saturated rings. The summed E-state index contributed by atoms with van der Waals surface area (Å²) in [5.41, 5.74) is 1.58. The van der Waals surface area contributed by atoms with Crippen molar-refractivity contribution in [1.29, 1.82) is 5.41 Å². The van der Waals surface area contributed by atoms with E-state index in [4.69, 9.17) is 5.41 Å². The van der Waals surface area contributed by atoms with Crippen LogP contribution in [0.1, 0.15) is 31.7 Å². The minimum absolute atomic E-state index is 0.0390. The van der Waals surface area contributed by atoms with Gasteiger partial charge in [0, 0.05) is 19.0 Å². The van der Waals surface area contributed by atoms with Crippen LogP contribution in [0.2, 0.25) is 0 Å². The second-order valence-electron chi connectivity index (χ2n) is 6.98. The van der Waals surface area contributed by atoms with E-state index in [0.29, 0.717) is 6.42 Å². The normalized spacial score (nSPS) is 25.0. The van der Waals surface area contributed by atoms with Crippen molar-refractivity contribution in [1.82, 2.24) is 20.0 Å². The summed E-state index contributed by atoms with van der Waals surface area (Å²) in [6.07, 6.45) is 4.82. The van der Waals surface area contributed by atoms with Gasteiger partial charge in [-0.1, -0.05) is 12.1 Å². The molecule has 0 unspecified atom stereocenters. The highest BCUT2D eigenvalue weighted by Crippen LogP contribution is 2.33. The lowest BCUT2D eigenvalue weighted by atomic mass is 9.86. The van der Waals surface area contributed by atoms with Gasteiger partial charge in [0.15, 0.2) is 5.96 Å². The summed E-state index contributed by atoms with van der Waals surface area (Å²) >= 11 is 0. The van der Waals surface area contributed by atoms with Crippen molar-refractivity contribution in [3.63, 3.8) is 0 Å². The van der Waals surface area contributed by atoms with E-state index in [9.17, 15) is 4.79 Å². The smallest absolute Gasteiger partial charge is 0.231 e. The molecular weight excluding hydrogens is 290 g/mol. The standard InChI is InChI=1S/C17H21N5O/c1-17(8-15(23)21(2)16(18)20-17)13-6-5-12-9-19-22(14(12)7-13)10-11-3-4-11/h5-7,9,11H,3-4,8,10H2,1-2H3,(H2,18,20)/t17-/m0/s1. The number of rotatable bonds is 3. The van der Waals surface area contributed by atoms with Gasteiger partial charge >= 0.3 is 0 Å². The lowest BCUT2D eigenvalue weighted by Gasteiger charge is -2.39. The van der Waals surface area contributed by atoms with E-state index in [1.807, 2.05) is 19.2 Å². The maximum Gasteiger partial charge on any atom is 0.231 e. The van der Waals surface area contributed by atoms with Gasteiger partial charge < -0.3 is 5.32 Å². The SMILES string of the molecule is CN1C(=N)N[C@](C)(c2ccc3cnn(CC4CC4)c3c2)CC1=O. The quantitative estimate of drug-likeness (QED) is 0.911. The fourth-order valence-electron chi connectivity index (χ4n) is 3.21. The van der Waals surface area contributed by atoms with E-state index < -0.39 is 5.54 Å². The summed E-state index contributed by atoms with van der Waals surface area (Å²) in [6.45, 7) is 2.95. The minimum atomic E-state index is -0.552. The second-order valence-corrected chi connectivity index (χ2v) is 6.98. The van der Waals surface area contributed by atoms with Crippen molar-refractivity contribution in [3.05, 3.63) is 30.0 Å². The van der Waals surface area contributed by atoms with Crippen LogP contribution in [0.4, 0.5) is 0 Å². The third-order valence-corrected chi connectivity index (χ3v) is 5.02. The molecule has 0 radical (unpaired) electrons. The van der Waals surface area contributed by atoms with Gasteiger partial charge in [-0.2, -0.15) is 5.10 Å². The average molecular weight is 311 g/mol. The number of nitrogens with one attached hydrogen (secondary N) is 2. The Bertz CT molecular complexity index is 786. The molecule has 4 rings (SSSR count). The van der Waals surface area contributed by atoms with Crippen LogP contribution < -0.4 is 5.32 Å². The fourth-order valence-corrected chi connectivity index (χ4v) is 3.21. The molecule has 1 aliphatic heterocycles. The fraction of sp³-hybridized carbons (Fsp3) is 0.471. The number of nitrogens with zero attached hydrogens (tertiary/aromatic N) is 3. The van der Waals surface area contributed by atoms with E-state index in [1.54, 1.807) is 7.05 Å². The first-order valence-corrected chi connectivity index (χ1v) is 8.06. The van der Waals surface area contributed by atoms with E-state index in [0.717, 1.165) is 28.9 Å². The number of carbonyl (C=O) groups is 1. The predicted octanol–water partition coefficient (Wildman–Crippen LogP) is 2.05. The number of hydrogen-bond donors (Lipinski definition) is 2. The molecule has 1 aliphatic carbocycles. The van der Waals surface area contributed by atoms with Crippen molar-refractivity contribution in [3.8, 4) is 0 Å². The van der Waals surface area contributed by atoms with Crippen LogP contribution in [-0.2, 0) is 16.9 Å². The zero-order valence-electron chi connectivity index (χ0n) is 13.5. The summed E-state index contributed by atoms with van der Waals surface area (Å²) < 4.78 is 2.07. The van der Waals surface area contributed by atoms with Crippen LogP contribution >= 0.6 is 0 Å². The van der Waals surface area contributed by atoms with E-state index in [2.05, 4.69) is 27.2 Å². The Balaban J connectivity index is 1.72. The monoisotopic (exact) mass is 311 g/mol. The van der Waals surface area contributed by atoms with Crippen LogP contribution in [0.25, 0.3) is 10.9 Å². The van der Waals surface area contributed by atoms with Crippen molar-refractivity contribution in [2.45, 2.75) is 38.3 Å². The molecule has 1 aromatic carbocycles. The Hall–Kier alpha value is -2.37. The molecule has 1 atom stereocenters. The van der Waals surface area contributed by atoms with Gasteiger partial charge in [0.1, 0.15) is 0 Å². The largest absolute Gasteiger partial charge is 0.346 e. The molecule has 6 nitrogen and oxygen atoms in total. The Kier molecular flexibility index (Phi) is 2.98. The number of benzene rings is 1. The van der Waals surface area contributed by atoms with Crippen LogP contribution in [0.5, 0.6) is 0 Å². The number of hydrogen-bond acceptors (Lipinski definition) is 3. The summed E-state index contributed by atoms with van der Waals surface area (Å²) in [5, 5.41) is 16.8. The first-order valence-electron chi connectivity index (χ1n) is 8.06. The van der Waals surface area contributed by atoms with E-state index in [-0.39, 0.29) is 11.9 Å². The molecule has 0 bridgehead atoms. The summed E-state index contributed by atoms with van der Waals surface area (Å²) in [5.74, 6) is 0.867. The van der Waals surface area contributed by atoms with Gasteiger partial charge in [0.05, 0.1) is 23.7 Å². The Morgan fingerprint density at radius 2 is 2.22 bits per heavy atom. The molecule has 1 saturated carbocycles. The van der Waals surface area contributed by atoms with Crippen LogP contribution in [0.3, 0.4) is 0 Å². The highest BCUT2D eigenvalue weighted by Gasteiger charge is 2.38. The highest BCUT2D eigenvalue weighted by molar-refractivity contribution is 5.99.